The fraction of sp³-hybridized carbons (Fsp3) is 0.533. The number of carbonyl (C=O) groups excluding carboxylic acids is 1. The molecule has 3 heteroatoms. The van der Waals surface area contributed by atoms with Crippen LogP contribution in [-0.4, -0.2) is 24.3 Å². The van der Waals surface area contributed by atoms with Gasteiger partial charge in [-0.15, -0.1) is 0 Å². The summed E-state index contributed by atoms with van der Waals surface area (Å²) in [7, 11) is 0. The predicted octanol–water partition coefficient (Wildman–Crippen LogP) is 2.15. The van der Waals surface area contributed by atoms with Gasteiger partial charge in [-0.3, -0.25) is 9.69 Å². The molecule has 2 rings (SSSR count). The molecular weight excluding hydrogens is 224 g/mol. The summed E-state index contributed by atoms with van der Waals surface area (Å²) in [5.41, 5.74) is 9.38. The van der Waals surface area contributed by atoms with E-state index in [1.54, 1.807) is 0 Å². The lowest BCUT2D eigenvalue weighted by molar-refractivity contribution is 0.200. The van der Waals surface area contributed by atoms with Gasteiger partial charge in [0.25, 0.3) is 0 Å². The second kappa shape index (κ2) is 6.01. The van der Waals surface area contributed by atoms with E-state index < -0.39 is 0 Å². The number of nitrogens with two attached hydrogens (primary N) is 1. The lowest BCUT2D eigenvalue weighted by atomic mass is 9.98. The molecule has 0 amide bonds. The third kappa shape index (κ3) is 3.10. The van der Waals surface area contributed by atoms with Crippen molar-refractivity contribution in [1.82, 2.24) is 4.90 Å². The van der Waals surface area contributed by atoms with Gasteiger partial charge in [0.1, 0.15) is 0 Å². The Morgan fingerprint density at radius 1 is 1.39 bits per heavy atom. The van der Waals surface area contributed by atoms with Crippen LogP contribution >= 0.6 is 0 Å². The minimum atomic E-state index is 0.147. The van der Waals surface area contributed by atoms with Crippen molar-refractivity contribution < 1.29 is 4.79 Å². The van der Waals surface area contributed by atoms with Crippen LogP contribution in [0.4, 0.5) is 5.69 Å². The van der Waals surface area contributed by atoms with E-state index in [1.165, 1.54) is 11.1 Å². The smallest absolute Gasteiger partial charge is 0.201 e. The predicted molar refractivity (Wildman–Crippen MR) is 73.9 cm³/mol. The minimum Gasteiger partial charge on any atom is -0.398 e. The quantitative estimate of drug-likeness (QED) is 0.827. The third-order valence-electron chi connectivity index (χ3n) is 3.75. The molecule has 2 N–H and O–H groups in total. The molecule has 1 heterocycles. The highest BCUT2D eigenvalue weighted by Crippen LogP contribution is 2.20. The van der Waals surface area contributed by atoms with Crippen LogP contribution in [0.25, 0.3) is 0 Å². The second-order valence-corrected chi connectivity index (χ2v) is 5.05. The number of hydrogen-bond acceptors (Lipinski definition) is 3. The Morgan fingerprint density at radius 2 is 2.11 bits per heavy atom. The molecular formula is C15H21N2O. The van der Waals surface area contributed by atoms with E-state index in [1.807, 2.05) is 0 Å². The largest absolute Gasteiger partial charge is 0.398 e. The molecule has 0 saturated carbocycles. The number of aryl methyl sites for hydroxylation is 1. The molecule has 1 radical (unpaired) electrons. The van der Waals surface area contributed by atoms with Gasteiger partial charge in [-0.05, 0) is 49.5 Å². The van der Waals surface area contributed by atoms with Gasteiger partial charge in [0.2, 0.25) is 6.29 Å². The van der Waals surface area contributed by atoms with Crippen LogP contribution in [0.3, 0.4) is 0 Å². The molecule has 18 heavy (non-hydrogen) atoms. The van der Waals surface area contributed by atoms with Gasteiger partial charge in [0.15, 0.2) is 0 Å². The minimum absolute atomic E-state index is 0.147. The summed E-state index contributed by atoms with van der Waals surface area (Å²) in [6.07, 6.45) is 4.97. The Morgan fingerprint density at radius 3 is 2.67 bits per heavy atom. The first-order chi connectivity index (χ1) is 8.72. The Kier molecular flexibility index (Phi) is 4.37. The SMILES string of the molecule is CCc1ccc(CN2CCC([C]=O)CC2)cc1N. The highest BCUT2D eigenvalue weighted by atomic mass is 16.1. The molecule has 97 valence electrons. The first-order valence-electron chi connectivity index (χ1n) is 6.70. The Labute approximate surface area is 109 Å². The van der Waals surface area contributed by atoms with Crippen molar-refractivity contribution in [3.8, 4) is 0 Å². The van der Waals surface area contributed by atoms with Crippen LogP contribution in [0.2, 0.25) is 0 Å². The van der Waals surface area contributed by atoms with Crippen LogP contribution < -0.4 is 5.73 Å². The lowest BCUT2D eigenvalue weighted by Gasteiger charge is -2.29. The Bertz CT molecular complexity index is 409. The molecule has 1 aromatic rings. The van der Waals surface area contributed by atoms with Gasteiger partial charge in [0.05, 0.1) is 0 Å². The van der Waals surface area contributed by atoms with Crippen molar-refractivity contribution >= 4 is 12.0 Å². The van der Waals surface area contributed by atoms with Crippen LogP contribution in [0.5, 0.6) is 0 Å². The topological polar surface area (TPSA) is 46.3 Å². The van der Waals surface area contributed by atoms with Gasteiger partial charge in [0, 0.05) is 18.2 Å². The van der Waals surface area contributed by atoms with Gasteiger partial charge >= 0.3 is 0 Å². The van der Waals surface area contributed by atoms with Crippen molar-refractivity contribution in [2.45, 2.75) is 32.7 Å². The van der Waals surface area contributed by atoms with Crippen LogP contribution in [0.1, 0.15) is 30.9 Å². The normalized spacial score (nSPS) is 17.8. The first kappa shape index (κ1) is 13.1. The first-order valence-corrected chi connectivity index (χ1v) is 6.70. The molecule has 1 aliphatic rings. The number of anilines is 1. The Hall–Kier alpha value is -1.35. The highest BCUT2D eigenvalue weighted by molar-refractivity contribution is 5.54. The van der Waals surface area contributed by atoms with E-state index in [4.69, 9.17) is 5.73 Å². The van der Waals surface area contributed by atoms with Crippen molar-refractivity contribution in [1.29, 1.82) is 0 Å². The third-order valence-corrected chi connectivity index (χ3v) is 3.75. The molecule has 0 spiro atoms. The number of rotatable bonds is 4. The summed E-state index contributed by atoms with van der Waals surface area (Å²) in [5, 5.41) is 0. The summed E-state index contributed by atoms with van der Waals surface area (Å²) >= 11 is 0. The Balaban J connectivity index is 1.94. The molecule has 0 bridgehead atoms. The van der Waals surface area contributed by atoms with Crippen LogP contribution in [-0.2, 0) is 17.8 Å². The maximum atomic E-state index is 10.6. The van der Waals surface area contributed by atoms with E-state index in [2.05, 4.69) is 36.3 Å². The standard InChI is InChI=1S/C15H21N2O/c1-2-14-4-3-13(9-15(14)16)10-17-7-5-12(11-18)6-8-17/h3-4,9,12H,2,5-8,10,16H2,1H3. The maximum Gasteiger partial charge on any atom is 0.201 e. The summed E-state index contributed by atoms with van der Waals surface area (Å²) in [4.78, 5) is 13.0. The summed E-state index contributed by atoms with van der Waals surface area (Å²) in [6, 6.07) is 6.36. The fourth-order valence-electron chi connectivity index (χ4n) is 2.53. The van der Waals surface area contributed by atoms with E-state index in [9.17, 15) is 4.79 Å². The molecule has 1 aliphatic heterocycles. The average molecular weight is 245 g/mol. The van der Waals surface area contributed by atoms with E-state index in [-0.39, 0.29) is 5.92 Å². The number of hydrogen-bond donors (Lipinski definition) is 1. The number of nitrogens with zero attached hydrogens (tertiary/aromatic N) is 1. The van der Waals surface area contributed by atoms with E-state index in [0.29, 0.717) is 0 Å². The zero-order valence-corrected chi connectivity index (χ0v) is 11.0. The molecule has 0 atom stereocenters. The number of nitrogen functional groups attached to an aromatic ring is 1. The van der Waals surface area contributed by atoms with Crippen LogP contribution in [0.15, 0.2) is 18.2 Å². The van der Waals surface area contributed by atoms with Crippen molar-refractivity contribution in [3.63, 3.8) is 0 Å². The van der Waals surface area contributed by atoms with Gasteiger partial charge in [-0.25, -0.2) is 0 Å². The monoisotopic (exact) mass is 245 g/mol. The molecule has 0 unspecified atom stereocenters. The van der Waals surface area contributed by atoms with Crippen molar-refractivity contribution in [2.75, 3.05) is 18.8 Å². The summed E-state index contributed by atoms with van der Waals surface area (Å²) < 4.78 is 0. The highest BCUT2D eigenvalue weighted by Gasteiger charge is 2.19. The zero-order valence-electron chi connectivity index (χ0n) is 11.0. The molecule has 1 saturated heterocycles. The lowest BCUT2D eigenvalue weighted by Crippen LogP contribution is -2.33. The molecule has 3 nitrogen and oxygen atoms in total. The van der Waals surface area contributed by atoms with Gasteiger partial charge in [-0.1, -0.05) is 19.1 Å². The molecule has 0 aromatic heterocycles. The summed E-state index contributed by atoms with van der Waals surface area (Å²) in [6.45, 7) is 5.01. The van der Waals surface area contributed by atoms with Crippen molar-refractivity contribution in [3.05, 3.63) is 29.3 Å². The van der Waals surface area contributed by atoms with Crippen molar-refractivity contribution in [2.24, 2.45) is 5.92 Å². The fourth-order valence-corrected chi connectivity index (χ4v) is 2.53. The summed E-state index contributed by atoms with van der Waals surface area (Å²) in [5.74, 6) is 0.147. The average Bonchev–Trinajstić information content (AvgIpc) is 2.40. The number of benzene rings is 1. The van der Waals surface area contributed by atoms with E-state index >= 15 is 0 Å². The number of piperidine rings is 1. The van der Waals surface area contributed by atoms with Gasteiger partial charge in [-0.2, -0.15) is 0 Å². The van der Waals surface area contributed by atoms with E-state index in [0.717, 1.165) is 44.6 Å². The maximum absolute atomic E-state index is 10.6. The number of likely N-dealkylation sites (tertiary alicyclic amines) is 1. The second-order valence-electron chi connectivity index (χ2n) is 5.05. The zero-order chi connectivity index (χ0) is 13.0. The van der Waals surface area contributed by atoms with Crippen LogP contribution in [0, 0.1) is 5.92 Å². The molecule has 1 aromatic carbocycles. The molecule has 0 aliphatic carbocycles. The molecule has 1 fully saturated rings. The van der Waals surface area contributed by atoms with Gasteiger partial charge < -0.3 is 5.73 Å².